The molecule has 0 saturated carbocycles. The van der Waals surface area contributed by atoms with Gasteiger partial charge in [-0.05, 0) is 52.3 Å². The first kappa shape index (κ1) is 22.1. The summed E-state index contributed by atoms with van der Waals surface area (Å²) in [5, 5.41) is 9.28. The predicted octanol–water partition coefficient (Wildman–Crippen LogP) is 4.11. The summed E-state index contributed by atoms with van der Waals surface area (Å²) < 4.78 is 15.3. The number of pyridine rings is 1. The zero-order valence-corrected chi connectivity index (χ0v) is 19.7. The van der Waals surface area contributed by atoms with Crippen LogP contribution in [0.1, 0.15) is 11.5 Å². The molecule has 3 heterocycles. The molecule has 0 N–H and O–H groups in total. The van der Waals surface area contributed by atoms with Gasteiger partial charge in [-0.25, -0.2) is 4.98 Å². The Bertz CT molecular complexity index is 1300. The van der Waals surface area contributed by atoms with Crippen molar-refractivity contribution in [2.45, 2.75) is 24.1 Å². The average Bonchev–Trinajstić information content (AvgIpc) is 3.19. The van der Waals surface area contributed by atoms with Gasteiger partial charge in [0.1, 0.15) is 23.8 Å². The Labute approximate surface area is 197 Å². The first-order valence-electron chi connectivity index (χ1n) is 9.68. The number of ether oxygens (including phenoxy) is 2. The van der Waals surface area contributed by atoms with Gasteiger partial charge in [-0.1, -0.05) is 17.8 Å². The second-order valence-electron chi connectivity index (χ2n) is 6.71. The molecule has 0 atom stereocenters. The second-order valence-corrected chi connectivity index (χ2v) is 8.57. The van der Waals surface area contributed by atoms with Crippen LogP contribution in [0.4, 0.5) is 0 Å². The summed E-state index contributed by atoms with van der Waals surface area (Å²) in [6.45, 7) is 4.63. The Kier molecular flexibility index (Phi) is 6.91. The molecule has 164 valence electrons. The van der Waals surface area contributed by atoms with E-state index in [-0.39, 0.29) is 12.2 Å². The topological polar surface area (TPSA) is 83.5 Å². The number of halogens is 1. The Morgan fingerprint density at radius 2 is 1.94 bits per heavy atom. The van der Waals surface area contributed by atoms with Gasteiger partial charge in [-0.2, -0.15) is 0 Å². The largest absolute Gasteiger partial charge is 0.497 e. The highest BCUT2D eigenvalue weighted by atomic mass is 79.9. The molecule has 0 unspecified atom stereocenters. The average molecular weight is 514 g/mol. The van der Waals surface area contributed by atoms with E-state index in [9.17, 15) is 4.79 Å². The van der Waals surface area contributed by atoms with E-state index in [1.807, 2.05) is 34.9 Å². The normalized spacial score (nSPS) is 10.9. The van der Waals surface area contributed by atoms with Crippen molar-refractivity contribution in [3.8, 4) is 11.5 Å². The number of aromatic nitrogens is 5. The molecule has 0 amide bonds. The van der Waals surface area contributed by atoms with Crippen molar-refractivity contribution in [2.75, 3.05) is 7.11 Å². The lowest BCUT2D eigenvalue weighted by Crippen LogP contribution is -2.15. The molecule has 0 saturated heterocycles. The van der Waals surface area contributed by atoms with Crippen LogP contribution in [-0.2, 0) is 18.9 Å². The van der Waals surface area contributed by atoms with E-state index < -0.39 is 0 Å². The first-order chi connectivity index (χ1) is 15.6. The highest BCUT2D eigenvalue weighted by Crippen LogP contribution is 2.23. The van der Waals surface area contributed by atoms with E-state index in [0.717, 1.165) is 10.2 Å². The lowest BCUT2D eigenvalue weighted by molar-refractivity contribution is 0.288. The monoisotopic (exact) mass is 513 g/mol. The van der Waals surface area contributed by atoms with Crippen molar-refractivity contribution in [3.63, 3.8) is 0 Å². The molecule has 0 aliphatic heterocycles. The van der Waals surface area contributed by atoms with Crippen molar-refractivity contribution >= 4 is 33.3 Å². The lowest BCUT2D eigenvalue weighted by atomic mass is 10.3. The van der Waals surface area contributed by atoms with E-state index >= 15 is 0 Å². The highest BCUT2D eigenvalue weighted by molar-refractivity contribution is 9.10. The summed E-state index contributed by atoms with van der Waals surface area (Å²) >= 11 is 4.83. The SMILES string of the molecule is C=CCn1c(COc2ccc(OC)cc2)nnc1SCc1cc(=O)n2cc(Br)ccc2n1. The van der Waals surface area contributed by atoms with Gasteiger partial charge in [0.25, 0.3) is 5.56 Å². The van der Waals surface area contributed by atoms with Gasteiger partial charge < -0.3 is 9.47 Å². The lowest BCUT2D eigenvalue weighted by Gasteiger charge is -2.10. The Morgan fingerprint density at radius 3 is 2.69 bits per heavy atom. The van der Waals surface area contributed by atoms with Crippen LogP contribution in [0, 0.1) is 0 Å². The summed E-state index contributed by atoms with van der Waals surface area (Å²) in [5.41, 5.74) is 1.14. The fourth-order valence-electron chi connectivity index (χ4n) is 3.00. The zero-order chi connectivity index (χ0) is 22.5. The third-order valence-electron chi connectivity index (χ3n) is 4.56. The van der Waals surface area contributed by atoms with Crippen LogP contribution < -0.4 is 15.0 Å². The minimum atomic E-state index is -0.131. The molecule has 32 heavy (non-hydrogen) atoms. The number of fused-ring (bicyclic) bond motifs is 1. The molecule has 8 nitrogen and oxygen atoms in total. The van der Waals surface area contributed by atoms with Crippen molar-refractivity contribution in [3.05, 3.63) is 87.7 Å². The molecular weight excluding hydrogens is 494 g/mol. The maximum Gasteiger partial charge on any atom is 0.258 e. The summed E-state index contributed by atoms with van der Waals surface area (Å²) in [4.78, 5) is 17.0. The molecule has 0 spiro atoms. The van der Waals surface area contributed by atoms with Gasteiger partial charge in [0.05, 0.1) is 12.8 Å². The number of benzene rings is 1. The van der Waals surface area contributed by atoms with Gasteiger partial charge in [0.2, 0.25) is 0 Å². The predicted molar refractivity (Wildman–Crippen MR) is 126 cm³/mol. The maximum absolute atomic E-state index is 12.4. The third-order valence-corrected chi connectivity index (χ3v) is 6.03. The van der Waals surface area contributed by atoms with Crippen molar-refractivity contribution in [1.29, 1.82) is 0 Å². The molecule has 4 rings (SSSR count). The minimum Gasteiger partial charge on any atom is -0.497 e. The molecule has 0 aliphatic carbocycles. The number of hydrogen-bond acceptors (Lipinski definition) is 7. The number of methoxy groups -OCH3 is 1. The fraction of sp³-hybridized carbons (Fsp3) is 0.182. The first-order valence-corrected chi connectivity index (χ1v) is 11.5. The van der Waals surface area contributed by atoms with Gasteiger partial charge in [0.15, 0.2) is 11.0 Å². The van der Waals surface area contributed by atoms with E-state index in [2.05, 4.69) is 37.7 Å². The second kappa shape index (κ2) is 10.0. The number of rotatable bonds is 9. The standard InChI is InChI=1S/C22H20BrN5O3S/c1-3-10-27-20(13-31-18-7-5-17(30-2)6-8-18)25-26-22(27)32-14-16-11-21(29)28-12-15(23)4-9-19(28)24-16/h3-9,11-12H,1,10,13-14H2,2H3. The quantitative estimate of drug-likeness (QED) is 0.246. The van der Waals surface area contributed by atoms with E-state index in [1.54, 1.807) is 25.4 Å². The van der Waals surface area contributed by atoms with Gasteiger partial charge in [0, 0.05) is 29.0 Å². The number of hydrogen-bond donors (Lipinski definition) is 0. The van der Waals surface area contributed by atoms with Crippen LogP contribution >= 0.6 is 27.7 Å². The third kappa shape index (κ3) is 5.03. The van der Waals surface area contributed by atoms with Crippen LogP contribution in [0.5, 0.6) is 11.5 Å². The number of thioether (sulfide) groups is 1. The summed E-state index contributed by atoms with van der Waals surface area (Å²) in [7, 11) is 1.62. The number of allylic oxidation sites excluding steroid dienone is 1. The fourth-order valence-corrected chi connectivity index (χ4v) is 4.20. The van der Waals surface area contributed by atoms with Crippen molar-refractivity contribution in [1.82, 2.24) is 24.1 Å². The highest BCUT2D eigenvalue weighted by Gasteiger charge is 2.14. The summed E-state index contributed by atoms with van der Waals surface area (Å²) in [6, 6.07) is 12.5. The molecule has 3 aromatic heterocycles. The molecular formula is C22H20BrN5O3S. The van der Waals surface area contributed by atoms with Crippen LogP contribution in [-0.4, -0.2) is 31.3 Å². The Hall–Kier alpha value is -3.11. The summed E-state index contributed by atoms with van der Waals surface area (Å²) in [5.74, 6) is 2.64. The number of nitrogens with zero attached hydrogens (tertiary/aromatic N) is 5. The maximum atomic E-state index is 12.4. The van der Waals surface area contributed by atoms with E-state index in [1.165, 1.54) is 22.2 Å². The zero-order valence-electron chi connectivity index (χ0n) is 17.3. The van der Waals surface area contributed by atoms with Gasteiger partial charge >= 0.3 is 0 Å². The van der Waals surface area contributed by atoms with Gasteiger partial charge in [-0.3, -0.25) is 13.8 Å². The Balaban J connectivity index is 1.48. The molecule has 0 radical (unpaired) electrons. The molecule has 1 aromatic carbocycles. The molecule has 4 aromatic rings. The van der Waals surface area contributed by atoms with E-state index in [4.69, 9.17) is 9.47 Å². The van der Waals surface area contributed by atoms with Crippen LogP contribution in [0.3, 0.4) is 0 Å². The van der Waals surface area contributed by atoms with Gasteiger partial charge in [-0.15, -0.1) is 16.8 Å². The van der Waals surface area contributed by atoms with Crippen molar-refractivity contribution in [2.24, 2.45) is 0 Å². The van der Waals surface area contributed by atoms with Crippen molar-refractivity contribution < 1.29 is 9.47 Å². The molecule has 0 fully saturated rings. The van der Waals surface area contributed by atoms with Crippen LogP contribution in [0.2, 0.25) is 0 Å². The summed E-state index contributed by atoms with van der Waals surface area (Å²) in [6.07, 6.45) is 3.49. The molecule has 10 heteroatoms. The van der Waals surface area contributed by atoms with E-state index in [0.29, 0.717) is 40.4 Å². The Morgan fingerprint density at radius 1 is 1.16 bits per heavy atom. The van der Waals surface area contributed by atoms with Crippen LogP contribution in [0.25, 0.3) is 5.65 Å². The smallest absolute Gasteiger partial charge is 0.258 e. The van der Waals surface area contributed by atoms with Crippen LogP contribution in [0.15, 0.2) is 75.7 Å². The minimum absolute atomic E-state index is 0.131. The molecule has 0 bridgehead atoms. The molecule has 0 aliphatic rings.